The Morgan fingerprint density at radius 1 is 1.33 bits per heavy atom. The number of amides is 2. The average Bonchev–Trinajstić information content (AvgIpc) is 2.76. The molecule has 0 bridgehead atoms. The van der Waals surface area contributed by atoms with Crippen molar-refractivity contribution in [3.63, 3.8) is 0 Å². The van der Waals surface area contributed by atoms with Crippen molar-refractivity contribution in [3.8, 4) is 0 Å². The number of unbranched alkanes of at least 4 members (excludes halogenated alkanes) is 1. The number of benzene rings is 1. The first-order valence-electron chi connectivity index (χ1n) is 6.89. The normalized spacial score (nSPS) is 19.1. The van der Waals surface area contributed by atoms with Crippen molar-refractivity contribution in [1.82, 2.24) is 10.2 Å². The fourth-order valence-electron chi connectivity index (χ4n) is 2.38. The first-order chi connectivity index (χ1) is 8.79. The minimum Gasteiger partial charge on any atom is -0.333 e. The van der Waals surface area contributed by atoms with E-state index in [4.69, 9.17) is 0 Å². The average molecular weight is 246 g/mol. The van der Waals surface area contributed by atoms with Gasteiger partial charge in [-0.25, -0.2) is 4.79 Å². The van der Waals surface area contributed by atoms with Crippen LogP contribution in [0.5, 0.6) is 0 Å². The zero-order valence-corrected chi connectivity index (χ0v) is 11.1. The largest absolute Gasteiger partial charge is 0.333 e. The molecule has 1 heterocycles. The lowest BCUT2D eigenvalue weighted by molar-refractivity contribution is 0.218. The van der Waals surface area contributed by atoms with E-state index in [1.165, 1.54) is 18.4 Å². The van der Waals surface area contributed by atoms with Gasteiger partial charge in [-0.15, -0.1) is 0 Å². The summed E-state index contributed by atoms with van der Waals surface area (Å²) in [5, 5.41) is 3.06. The summed E-state index contributed by atoms with van der Waals surface area (Å²) in [6, 6.07) is 10.8. The van der Waals surface area contributed by atoms with Crippen LogP contribution < -0.4 is 5.32 Å². The molecule has 1 aliphatic heterocycles. The van der Waals surface area contributed by atoms with Crippen molar-refractivity contribution >= 4 is 6.03 Å². The SMILES string of the molecule is CCCCC1CN(CCc2ccccc2)C(=O)N1. The molecule has 0 aromatic heterocycles. The Morgan fingerprint density at radius 3 is 2.83 bits per heavy atom. The maximum absolute atomic E-state index is 11.8. The minimum atomic E-state index is 0.104. The molecular weight excluding hydrogens is 224 g/mol. The van der Waals surface area contributed by atoms with Gasteiger partial charge in [0, 0.05) is 19.1 Å². The van der Waals surface area contributed by atoms with Crippen molar-refractivity contribution in [3.05, 3.63) is 35.9 Å². The molecule has 0 aliphatic carbocycles. The molecule has 18 heavy (non-hydrogen) atoms. The van der Waals surface area contributed by atoms with Gasteiger partial charge in [-0.1, -0.05) is 50.1 Å². The van der Waals surface area contributed by atoms with E-state index in [0.29, 0.717) is 6.04 Å². The third-order valence-corrected chi connectivity index (χ3v) is 3.47. The minimum absolute atomic E-state index is 0.104. The number of nitrogens with one attached hydrogen (secondary N) is 1. The van der Waals surface area contributed by atoms with Crippen LogP contribution in [0.15, 0.2) is 30.3 Å². The Hall–Kier alpha value is -1.51. The van der Waals surface area contributed by atoms with E-state index in [2.05, 4.69) is 24.4 Å². The Labute approximate surface area is 109 Å². The fourth-order valence-corrected chi connectivity index (χ4v) is 2.38. The zero-order chi connectivity index (χ0) is 12.8. The molecule has 2 rings (SSSR count). The van der Waals surface area contributed by atoms with Crippen LogP contribution in [0.2, 0.25) is 0 Å². The van der Waals surface area contributed by atoms with E-state index in [9.17, 15) is 4.79 Å². The van der Waals surface area contributed by atoms with Crippen LogP contribution in [0.3, 0.4) is 0 Å². The molecule has 3 heteroatoms. The second-order valence-electron chi connectivity index (χ2n) is 4.97. The lowest BCUT2D eigenvalue weighted by Crippen LogP contribution is -2.30. The molecule has 3 nitrogen and oxygen atoms in total. The van der Waals surface area contributed by atoms with Gasteiger partial charge >= 0.3 is 6.03 Å². The van der Waals surface area contributed by atoms with Crippen LogP contribution in [-0.4, -0.2) is 30.1 Å². The summed E-state index contributed by atoms with van der Waals surface area (Å²) in [4.78, 5) is 13.7. The van der Waals surface area contributed by atoms with E-state index in [1.807, 2.05) is 23.1 Å². The van der Waals surface area contributed by atoms with E-state index in [1.54, 1.807) is 0 Å². The smallest absolute Gasteiger partial charge is 0.317 e. The summed E-state index contributed by atoms with van der Waals surface area (Å²) in [5.74, 6) is 0. The number of hydrogen-bond acceptors (Lipinski definition) is 1. The molecule has 2 amide bonds. The monoisotopic (exact) mass is 246 g/mol. The third kappa shape index (κ3) is 3.49. The maximum Gasteiger partial charge on any atom is 0.317 e. The molecule has 0 spiro atoms. The topological polar surface area (TPSA) is 32.3 Å². The van der Waals surface area contributed by atoms with Gasteiger partial charge in [0.2, 0.25) is 0 Å². The summed E-state index contributed by atoms with van der Waals surface area (Å²) < 4.78 is 0. The van der Waals surface area contributed by atoms with Crippen molar-refractivity contribution in [1.29, 1.82) is 0 Å². The summed E-state index contributed by atoms with van der Waals surface area (Å²) in [7, 11) is 0. The van der Waals surface area contributed by atoms with E-state index >= 15 is 0 Å². The summed E-state index contributed by atoms with van der Waals surface area (Å²) in [6.07, 6.45) is 4.42. The number of carbonyl (C=O) groups excluding carboxylic acids is 1. The second-order valence-corrected chi connectivity index (χ2v) is 4.97. The van der Waals surface area contributed by atoms with Gasteiger partial charge in [0.05, 0.1) is 0 Å². The van der Waals surface area contributed by atoms with Crippen molar-refractivity contribution in [2.75, 3.05) is 13.1 Å². The molecular formula is C15H22N2O. The number of nitrogens with zero attached hydrogens (tertiary/aromatic N) is 1. The summed E-state index contributed by atoms with van der Waals surface area (Å²) in [5.41, 5.74) is 1.29. The first-order valence-corrected chi connectivity index (χ1v) is 6.89. The Bertz CT molecular complexity index is 377. The van der Waals surface area contributed by atoms with Crippen molar-refractivity contribution in [2.45, 2.75) is 38.6 Å². The Morgan fingerprint density at radius 2 is 2.11 bits per heavy atom. The second kappa shape index (κ2) is 6.43. The van der Waals surface area contributed by atoms with Gasteiger partial charge in [0.25, 0.3) is 0 Å². The van der Waals surface area contributed by atoms with Crippen LogP contribution in [0.25, 0.3) is 0 Å². The van der Waals surface area contributed by atoms with E-state index < -0.39 is 0 Å². The van der Waals surface area contributed by atoms with Gasteiger partial charge in [-0.2, -0.15) is 0 Å². The molecule has 1 fully saturated rings. The van der Waals surface area contributed by atoms with Crippen LogP contribution >= 0.6 is 0 Å². The molecule has 1 N–H and O–H groups in total. The highest BCUT2D eigenvalue weighted by atomic mass is 16.2. The first kappa shape index (κ1) is 12.9. The third-order valence-electron chi connectivity index (χ3n) is 3.47. The number of hydrogen-bond donors (Lipinski definition) is 1. The lowest BCUT2D eigenvalue weighted by atomic mass is 10.1. The predicted octanol–water partition coefficient (Wildman–Crippen LogP) is 2.81. The highest BCUT2D eigenvalue weighted by Gasteiger charge is 2.27. The standard InChI is InChI=1S/C15H22N2O/c1-2-3-9-14-12-17(15(18)16-14)11-10-13-7-5-4-6-8-13/h4-8,14H,2-3,9-12H2,1H3,(H,16,18). The van der Waals surface area contributed by atoms with E-state index in [-0.39, 0.29) is 6.03 Å². The van der Waals surface area contributed by atoms with Crippen LogP contribution in [0, 0.1) is 0 Å². The van der Waals surface area contributed by atoms with Crippen molar-refractivity contribution < 1.29 is 4.79 Å². The number of urea groups is 1. The highest BCUT2D eigenvalue weighted by Crippen LogP contribution is 2.11. The number of carbonyl (C=O) groups is 1. The molecule has 1 saturated heterocycles. The van der Waals surface area contributed by atoms with Gasteiger partial charge in [-0.05, 0) is 18.4 Å². The van der Waals surface area contributed by atoms with Gasteiger partial charge < -0.3 is 10.2 Å². The Balaban J connectivity index is 1.78. The highest BCUT2D eigenvalue weighted by molar-refractivity contribution is 5.76. The van der Waals surface area contributed by atoms with Crippen LogP contribution in [0.4, 0.5) is 4.79 Å². The molecule has 1 aromatic rings. The Kier molecular flexibility index (Phi) is 4.62. The van der Waals surface area contributed by atoms with Crippen molar-refractivity contribution in [2.24, 2.45) is 0 Å². The molecule has 1 unspecified atom stereocenters. The molecule has 0 radical (unpaired) electrons. The molecule has 98 valence electrons. The molecule has 1 aliphatic rings. The zero-order valence-electron chi connectivity index (χ0n) is 11.1. The van der Waals surface area contributed by atoms with Gasteiger partial charge in [0.1, 0.15) is 0 Å². The fraction of sp³-hybridized carbons (Fsp3) is 0.533. The van der Waals surface area contributed by atoms with Gasteiger partial charge in [0.15, 0.2) is 0 Å². The summed E-state index contributed by atoms with van der Waals surface area (Å²) in [6.45, 7) is 3.87. The van der Waals surface area contributed by atoms with Crippen LogP contribution in [-0.2, 0) is 6.42 Å². The van der Waals surface area contributed by atoms with Crippen LogP contribution in [0.1, 0.15) is 31.7 Å². The summed E-state index contributed by atoms with van der Waals surface area (Å²) >= 11 is 0. The lowest BCUT2D eigenvalue weighted by Gasteiger charge is -2.14. The quantitative estimate of drug-likeness (QED) is 0.822. The maximum atomic E-state index is 11.8. The molecule has 1 aromatic carbocycles. The number of rotatable bonds is 6. The van der Waals surface area contributed by atoms with Gasteiger partial charge in [-0.3, -0.25) is 0 Å². The predicted molar refractivity (Wildman–Crippen MR) is 73.6 cm³/mol. The molecule has 1 atom stereocenters. The van der Waals surface area contributed by atoms with E-state index in [0.717, 1.165) is 25.9 Å². The molecule has 0 saturated carbocycles.